The highest BCUT2D eigenvalue weighted by Gasteiger charge is 2.12. The van der Waals surface area contributed by atoms with E-state index in [1.807, 2.05) is 48.8 Å². The summed E-state index contributed by atoms with van der Waals surface area (Å²) in [5.41, 5.74) is 9.45. The maximum Gasteiger partial charge on any atom is 0.0717 e. The van der Waals surface area contributed by atoms with Crippen molar-refractivity contribution in [3.63, 3.8) is 0 Å². The highest BCUT2D eigenvalue weighted by atomic mass is 14.7. The molecule has 3 aromatic carbocycles. The second-order valence-corrected chi connectivity index (χ2v) is 8.19. The van der Waals surface area contributed by atoms with E-state index in [1.165, 1.54) is 11.1 Å². The van der Waals surface area contributed by atoms with E-state index in [0.717, 1.165) is 44.5 Å². The van der Waals surface area contributed by atoms with Crippen molar-refractivity contribution in [1.29, 1.82) is 0 Å². The summed E-state index contributed by atoms with van der Waals surface area (Å²) in [5, 5.41) is 1.11. The Morgan fingerprint density at radius 2 is 1.21 bits per heavy atom. The molecule has 0 radical (unpaired) electrons. The normalized spacial score (nSPS) is 10.9. The predicted octanol–water partition coefficient (Wildman–Crippen LogP) is 7.69. The van der Waals surface area contributed by atoms with Gasteiger partial charge in [0.15, 0.2) is 0 Å². The molecular formula is C31H21N3. The van der Waals surface area contributed by atoms with Crippen LogP contribution in [-0.2, 0) is 0 Å². The van der Waals surface area contributed by atoms with Crippen LogP contribution in [0.4, 0.5) is 0 Å². The summed E-state index contributed by atoms with van der Waals surface area (Å²) in [6.45, 7) is 0. The zero-order valence-electron chi connectivity index (χ0n) is 18.5. The standard InChI is InChI=1S/C31H21N3/c1-3-8-22(9-4-1)24-13-16-30-28(18-24)27(19-31(34-30)23-10-5-2-6-11-23)25-14-15-29(33-21-25)26-12-7-17-32-20-26/h1-21H. The maximum atomic E-state index is 5.00. The zero-order chi connectivity index (χ0) is 22.7. The van der Waals surface area contributed by atoms with Crippen molar-refractivity contribution >= 4 is 10.9 Å². The minimum absolute atomic E-state index is 0.906. The lowest BCUT2D eigenvalue weighted by molar-refractivity contribution is 1.28. The fraction of sp³-hybridized carbons (Fsp3) is 0. The van der Waals surface area contributed by atoms with Crippen LogP contribution in [0.5, 0.6) is 0 Å². The highest BCUT2D eigenvalue weighted by Crippen LogP contribution is 2.35. The van der Waals surface area contributed by atoms with Crippen LogP contribution in [0.25, 0.3) is 55.7 Å². The van der Waals surface area contributed by atoms with Crippen LogP contribution in [0.3, 0.4) is 0 Å². The Bertz CT molecular complexity index is 1560. The van der Waals surface area contributed by atoms with Crippen molar-refractivity contribution < 1.29 is 0 Å². The SMILES string of the molecule is c1ccc(-c2ccc3nc(-c4ccccc4)cc(-c4ccc(-c5cccnc5)nc4)c3c2)cc1. The maximum absolute atomic E-state index is 5.00. The van der Waals surface area contributed by atoms with Crippen molar-refractivity contribution in [2.24, 2.45) is 0 Å². The molecule has 0 aliphatic rings. The fourth-order valence-electron chi connectivity index (χ4n) is 4.27. The third-order valence-corrected chi connectivity index (χ3v) is 6.02. The van der Waals surface area contributed by atoms with Gasteiger partial charge in [-0.15, -0.1) is 0 Å². The van der Waals surface area contributed by atoms with Crippen LogP contribution in [0.1, 0.15) is 0 Å². The smallest absolute Gasteiger partial charge is 0.0717 e. The van der Waals surface area contributed by atoms with Gasteiger partial charge in [0.25, 0.3) is 0 Å². The lowest BCUT2D eigenvalue weighted by Crippen LogP contribution is -1.92. The molecule has 0 N–H and O–H groups in total. The second kappa shape index (κ2) is 8.72. The second-order valence-electron chi connectivity index (χ2n) is 8.19. The van der Waals surface area contributed by atoms with Crippen LogP contribution in [-0.4, -0.2) is 15.0 Å². The lowest BCUT2D eigenvalue weighted by Gasteiger charge is -2.12. The van der Waals surface area contributed by atoms with Gasteiger partial charge < -0.3 is 0 Å². The molecule has 6 rings (SSSR count). The van der Waals surface area contributed by atoms with E-state index < -0.39 is 0 Å². The van der Waals surface area contributed by atoms with Crippen molar-refractivity contribution in [2.45, 2.75) is 0 Å². The summed E-state index contributed by atoms with van der Waals surface area (Å²) in [5.74, 6) is 0. The Balaban J connectivity index is 1.54. The van der Waals surface area contributed by atoms with Crippen LogP contribution < -0.4 is 0 Å². The Labute approximate surface area is 198 Å². The van der Waals surface area contributed by atoms with Gasteiger partial charge in [0.2, 0.25) is 0 Å². The van der Waals surface area contributed by atoms with E-state index in [0.29, 0.717) is 0 Å². The molecule has 3 aromatic heterocycles. The molecule has 0 amide bonds. The van der Waals surface area contributed by atoms with Crippen LogP contribution in [0, 0.1) is 0 Å². The van der Waals surface area contributed by atoms with Gasteiger partial charge in [0.1, 0.15) is 0 Å². The summed E-state index contributed by atoms with van der Waals surface area (Å²) < 4.78 is 0. The molecule has 3 heteroatoms. The minimum Gasteiger partial charge on any atom is -0.264 e. The molecule has 0 aliphatic carbocycles. The molecule has 0 saturated carbocycles. The number of fused-ring (bicyclic) bond motifs is 1. The number of aromatic nitrogens is 3. The van der Waals surface area contributed by atoms with Gasteiger partial charge in [-0.3, -0.25) is 9.97 Å². The molecule has 0 bridgehead atoms. The molecule has 3 nitrogen and oxygen atoms in total. The van der Waals surface area contributed by atoms with Crippen molar-refractivity contribution in [3.05, 3.63) is 128 Å². The first-order valence-corrected chi connectivity index (χ1v) is 11.3. The Morgan fingerprint density at radius 3 is 1.91 bits per heavy atom. The average molecular weight is 436 g/mol. The van der Waals surface area contributed by atoms with Crippen LogP contribution >= 0.6 is 0 Å². The first-order chi connectivity index (χ1) is 16.8. The Hall–Kier alpha value is -4.63. The summed E-state index contributed by atoms with van der Waals surface area (Å²) in [6.07, 6.45) is 5.56. The topological polar surface area (TPSA) is 38.7 Å². The quantitative estimate of drug-likeness (QED) is 0.285. The van der Waals surface area contributed by atoms with Crippen LogP contribution in [0.2, 0.25) is 0 Å². The number of pyridine rings is 3. The van der Waals surface area contributed by atoms with Gasteiger partial charge >= 0.3 is 0 Å². The van der Waals surface area contributed by atoms with Crippen molar-refractivity contribution in [3.8, 4) is 44.8 Å². The Kier molecular flexibility index (Phi) is 5.13. The summed E-state index contributed by atoms with van der Waals surface area (Å²) in [7, 11) is 0. The number of nitrogens with zero attached hydrogens (tertiary/aromatic N) is 3. The highest BCUT2D eigenvalue weighted by molar-refractivity contribution is 5.99. The predicted molar refractivity (Wildman–Crippen MR) is 139 cm³/mol. The largest absolute Gasteiger partial charge is 0.264 e. The van der Waals surface area contributed by atoms with Crippen molar-refractivity contribution in [1.82, 2.24) is 15.0 Å². The van der Waals surface area contributed by atoms with E-state index in [4.69, 9.17) is 9.97 Å². The molecule has 34 heavy (non-hydrogen) atoms. The van der Waals surface area contributed by atoms with Crippen LogP contribution in [0.15, 0.2) is 128 Å². The minimum atomic E-state index is 0.906. The first-order valence-electron chi connectivity index (χ1n) is 11.3. The van der Waals surface area contributed by atoms with E-state index in [-0.39, 0.29) is 0 Å². The monoisotopic (exact) mass is 435 g/mol. The molecule has 6 aromatic rings. The van der Waals surface area contributed by atoms with Gasteiger partial charge in [0, 0.05) is 40.7 Å². The zero-order valence-corrected chi connectivity index (χ0v) is 18.5. The molecule has 0 atom stereocenters. The molecule has 0 saturated heterocycles. The number of benzene rings is 3. The molecule has 160 valence electrons. The van der Waals surface area contributed by atoms with E-state index in [1.54, 1.807) is 6.20 Å². The molecule has 0 unspecified atom stereocenters. The fourth-order valence-corrected chi connectivity index (χ4v) is 4.27. The van der Waals surface area contributed by atoms with Crippen molar-refractivity contribution in [2.75, 3.05) is 0 Å². The third-order valence-electron chi connectivity index (χ3n) is 6.02. The van der Waals surface area contributed by atoms with Gasteiger partial charge in [-0.2, -0.15) is 0 Å². The lowest BCUT2D eigenvalue weighted by atomic mass is 9.96. The number of rotatable bonds is 4. The number of hydrogen-bond acceptors (Lipinski definition) is 3. The summed E-state index contributed by atoms with van der Waals surface area (Å²) in [4.78, 5) is 14.0. The summed E-state index contributed by atoms with van der Waals surface area (Å²) in [6, 6.07) is 37.6. The Morgan fingerprint density at radius 1 is 0.471 bits per heavy atom. The molecule has 3 heterocycles. The van der Waals surface area contributed by atoms with E-state index >= 15 is 0 Å². The molecule has 0 fully saturated rings. The first kappa shape index (κ1) is 20.0. The van der Waals surface area contributed by atoms with Gasteiger partial charge in [-0.05, 0) is 53.1 Å². The molecule has 0 aliphatic heterocycles. The summed E-state index contributed by atoms with van der Waals surface area (Å²) >= 11 is 0. The number of hydrogen-bond donors (Lipinski definition) is 0. The van der Waals surface area contributed by atoms with E-state index in [9.17, 15) is 0 Å². The molecule has 0 spiro atoms. The third kappa shape index (κ3) is 3.84. The van der Waals surface area contributed by atoms with Gasteiger partial charge in [0.05, 0.1) is 16.9 Å². The molecular weight excluding hydrogens is 414 g/mol. The van der Waals surface area contributed by atoms with Gasteiger partial charge in [-0.25, -0.2) is 4.98 Å². The average Bonchev–Trinajstić information content (AvgIpc) is 2.94. The van der Waals surface area contributed by atoms with Gasteiger partial charge in [-0.1, -0.05) is 72.8 Å². The van der Waals surface area contributed by atoms with E-state index in [2.05, 4.69) is 77.8 Å².